The Hall–Kier alpha value is -4.60. The number of rotatable bonds is 9. The van der Waals surface area contributed by atoms with Crippen molar-refractivity contribution in [3.8, 4) is 22.9 Å². The lowest BCUT2D eigenvalue weighted by Gasteiger charge is -2.37. The van der Waals surface area contributed by atoms with Crippen LogP contribution < -0.4 is 15.4 Å². The molecule has 5 rings (SSSR count). The van der Waals surface area contributed by atoms with E-state index in [0.717, 1.165) is 16.7 Å². The van der Waals surface area contributed by atoms with E-state index in [1.807, 2.05) is 80.6 Å². The van der Waals surface area contributed by atoms with Crippen LogP contribution in [0.2, 0.25) is 0 Å². The summed E-state index contributed by atoms with van der Waals surface area (Å²) in [5, 5.41) is 15.5. The van der Waals surface area contributed by atoms with Gasteiger partial charge in [0.2, 0.25) is 11.8 Å². The summed E-state index contributed by atoms with van der Waals surface area (Å²) in [5.74, 6) is -1.65. The summed E-state index contributed by atoms with van der Waals surface area (Å²) in [6.45, 7) is 11.1. The fourth-order valence-corrected chi connectivity index (χ4v) is 5.50. The highest BCUT2D eigenvalue weighted by atomic mass is 19.1. The Morgan fingerprint density at radius 1 is 0.891 bits per heavy atom. The number of halogens is 1. The predicted octanol–water partition coefficient (Wildman–Crippen LogP) is 7.20. The van der Waals surface area contributed by atoms with Crippen molar-refractivity contribution in [2.24, 2.45) is 5.41 Å². The van der Waals surface area contributed by atoms with Crippen molar-refractivity contribution in [1.29, 1.82) is 0 Å². The second-order valence-corrected chi connectivity index (χ2v) is 13.3. The molecule has 1 aromatic heterocycles. The number of nitrogens with zero attached hydrogens (tertiary/aromatic N) is 1. The minimum atomic E-state index is -1.23. The second kappa shape index (κ2) is 12.7. The molecule has 3 aromatic carbocycles. The average molecular weight is 626 g/mol. The van der Waals surface area contributed by atoms with Crippen LogP contribution in [0.25, 0.3) is 11.3 Å². The molecular weight excluding hydrogens is 585 g/mol. The van der Waals surface area contributed by atoms with E-state index in [1.165, 1.54) is 6.07 Å². The van der Waals surface area contributed by atoms with Gasteiger partial charge in [-0.1, -0.05) is 86.6 Å². The number of hydrogen-bond donors (Lipinski definition) is 3. The van der Waals surface area contributed by atoms with Crippen LogP contribution in [0.15, 0.2) is 84.9 Å². The summed E-state index contributed by atoms with van der Waals surface area (Å²) >= 11 is 0. The number of fused-ring (bicyclic) bond motifs is 2. The SMILES string of the molecule is CC(C)(CNC(=O)NC(=O)C(C)(C)[C@@H]1c2ccc(-c3ccc(C(C)(C)O)cc3)nc2Oc2c(F)cccc21)OCc1ccccc1. The molecule has 8 nitrogen and oxygen atoms in total. The van der Waals surface area contributed by atoms with E-state index < -0.39 is 40.3 Å². The molecule has 0 bridgehead atoms. The standard InChI is InChI=1S/C37H40FN3O5/c1-35(2,45-21-23-11-8-7-9-12-23)22-39-34(43)41-33(42)36(3,4)30-26-13-10-14-28(38)31(26)46-32-27(30)19-20-29(40-32)24-15-17-25(18-16-24)37(5,6)44/h7-20,30,44H,21-22H2,1-6H3,(H2,39,41,42,43)/t30-/m0/s1. The van der Waals surface area contributed by atoms with Gasteiger partial charge in [0.1, 0.15) is 0 Å². The van der Waals surface area contributed by atoms with Crippen molar-refractivity contribution < 1.29 is 28.6 Å². The van der Waals surface area contributed by atoms with Gasteiger partial charge in [-0.05, 0) is 51.0 Å². The molecule has 0 radical (unpaired) electrons. The van der Waals surface area contributed by atoms with Gasteiger partial charge in [0.05, 0.1) is 28.9 Å². The van der Waals surface area contributed by atoms with Crippen molar-refractivity contribution in [2.45, 2.75) is 65.3 Å². The maximum absolute atomic E-state index is 15.1. The number of nitrogens with one attached hydrogen (secondary N) is 2. The number of urea groups is 1. The molecule has 1 aliphatic heterocycles. The Labute approximate surface area is 269 Å². The van der Waals surface area contributed by atoms with Crippen molar-refractivity contribution in [2.75, 3.05) is 6.54 Å². The number of imide groups is 1. The number of aromatic nitrogens is 1. The molecule has 0 aliphatic carbocycles. The smallest absolute Gasteiger partial charge is 0.321 e. The van der Waals surface area contributed by atoms with Crippen molar-refractivity contribution >= 4 is 11.9 Å². The highest BCUT2D eigenvalue weighted by Gasteiger charge is 2.45. The van der Waals surface area contributed by atoms with Gasteiger partial charge >= 0.3 is 6.03 Å². The predicted molar refractivity (Wildman–Crippen MR) is 174 cm³/mol. The molecule has 0 saturated heterocycles. The molecule has 0 spiro atoms. The summed E-state index contributed by atoms with van der Waals surface area (Å²) in [6.07, 6.45) is 0. The Bertz CT molecular complexity index is 1730. The third-order valence-electron chi connectivity index (χ3n) is 8.28. The first-order valence-corrected chi connectivity index (χ1v) is 15.2. The molecule has 3 N–H and O–H groups in total. The zero-order valence-electron chi connectivity index (χ0n) is 27.0. The Balaban J connectivity index is 1.35. The van der Waals surface area contributed by atoms with Crippen LogP contribution in [0.3, 0.4) is 0 Å². The fraction of sp³-hybridized carbons (Fsp3) is 0.324. The van der Waals surface area contributed by atoms with Crippen LogP contribution in [-0.4, -0.2) is 34.2 Å². The average Bonchev–Trinajstić information content (AvgIpc) is 3.02. The van der Waals surface area contributed by atoms with E-state index in [1.54, 1.807) is 39.8 Å². The highest BCUT2D eigenvalue weighted by Crippen LogP contribution is 2.52. The van der Waals surface area contributed by atoms with Crippen LogP contribution >= 0.6 is 0 Å². The van der Waals surface area contributed by atoms with Gasteiger partial charge in [-0.15, -0.1) is 0 Å². The first-order chi connectivity index (χ1) is 21.7. The summed E-state index contributed by atoms with van der Waals surface area (Å²) in [6, 6.07) is 24.6. The van der Waals surface area contributed by atoms with Gasteiger partial charge < -0.3 is 19.9 Å². The van der Waals surface area contributed by atoms with Crippen molar-refractivity contribution in [3.05, 3.63) is 113 Å². The third kappa shape index (κ3) is 7.11. The number of amides is 3. The first kappa shape index (κ1) is 32.8. The largest absolute Gasteiger partial charge is 0.435 e. The number of carbonyl (C=O) groups is 2. The minimum absolute atomic E-state index is 0.00957. The summed E-state index contributed by atoms with van der Waals surface area (Å²) < 4.78 is 27.2. The molecule has 240 valence electrons. The molecule has 4 aromatic rings. The van der Waals surface area contributed by atoms with Crippen LogP contribution in [0.5, 0.6) is 11.6 Å². The van der Waals surface area contributed by atoms with Crippen LogP contribution in [0.4, 0.5) is 9.18 Å². The summed E-state index contributed by atoms with van der Waals surface area (Å²) in [4.78, 5) is 31.4. The maximum atomic E-state index is 15.1. The molecule has 0 fully saturated rings. The number of pyridine rings is 1. The van der Waals surface area contributed by atoms with Gasteiger partial charge in [-0.2, -0.15) is 0 Å². The fourth-order valence-electron chi connectivity index (χ4n) is 5.50. The molecule has 0 saturated carbocycles. The number of aliphatic hydroxyl groups is 1. The number of para-hydroxylation sites is 1. The summed E-state index contributed by atoms with van der Waals surface area (Å²) in [7, 11) is 0. The monoisotopic (exact) mass is 625 g/mol. The van der Waals surface area contributed by atoms with Gasteiger partial charge in [0.25, 0.3) is 0 Å². The molecule has 1 atom stereocenters. The quantitative estimate of drug-likeness (QED) is 0.182. The lowest BCUT2D eigenvalue weighted by molar-refractivity contribution is -0.129. The Morgan fingerprint density at radius 2 is 1.59 bits per heavy atom. The zero-order valence-corrected chi connectivity index (χ0v) is 27.0. The normalized spacial score (nSPS) is 14.5. The second-order valence-electron chi connectivity index (χ2n) is 13.3. The topological polar surface area (TPSA) is 110 Å². The van der Waals surface area contributed by atoms with Crippen LogP contribution in [0.1, 0.15) is 69.7 Å². The van der Waals surface area contributed by atoms with Crippen molar-refractivity contribution in [1.82, 2.24) is 15.6 Å². The first-order valence-electron chi connectivity index (χ1n) is 15.2. The van der Waals surface area contributed by atoms with E-state index in [4.69, 9.17) is 14.5 Å². The van der Waals surface area contributed by atoms with E-state index in [-0.39, 0.29) is 18.2 Å². The van der Waals surface area contributed by atoms with E-state index in [9.17, 15) is 14.7 Å². The highest BCUT2D eigenvalue weighted by molar-refractivity contribution is 5.98. The number of benzene rings is 3. The molecule has 3 amide bonds. The number of ether oxygens (including phenoxy) is 2. The lowest BCUT2D eigenvalue weighted by atomic mass is 9.69. The van der Waals surface area contributed by atoms with Gasteiger partial charge in [0, 0.05) is 29.2 Å². The van der Waals surface area contributed by atoms with Crippen LogP contribution in [0, 0.1) is 11.2 Å². The molecule has 1 aliphatic rings. The maximum Gasteiger partial charge on any atom is 0.321 e. The Kier molecular flexibility index (Phi) is 9.02. The number of carbonyl (C=O) groups excluding carboxylic acids is 2. The van der Waals surface area contributed by atoms with Gasteiger partial charge in [-0.25, -0.2) is 14.2 Å². The molecule has 46 heavy (non-hydrogen) atoms. The van der Waals surface area contributed by atoms with Gasteiger partial charge in [-0.3, -0.25) is 10.1 Å². The minimum Gasteiger partial charge on any atom is -0.435 e. The molecular formula is C37H40FN3O5. The van der Waals surface area contributed by atoms with E-state index in [2.05, 4.69) is 10.6 Å². The van der Waals surface area contributed by atoms with Crippen molar-refractivity contribution in [3.63, 3.8) is 0 Å². The van der Waals surface area contributed by atoms with E-state index in [0.29, 0.717) is 23.4 Å². The van der Waals surface area contributed by atoms with Gasteiger partial charge in [0.15, 0.2) is 11.6 Å². The third-order valence-corrected chi connectivity index (χ3v) is 8.28. The lowest BCUT2D eigenvalue weighted by Crippen LogP contribution is -2.50. The van der Waals surface area contributed by atoms with E-state index >= 15 is 4.39 Å². The Morgan fingerprint density at radius 3 is 2.26 bits per heavy atom. The zero-order chi connectivity index (χ0) is 33.3. The summed E-state index contributed by atoms with van der Waals surface area (Å²) in [5.41, 5.74) is 1.28. The number of hydrogen-bond acceptors (Lipinski definition) is 6. The molecule has 0 unspecified atom stereocenters. The van der Waals surface area contributed by atoms with Crippen LogP contribution in [-0.2, 0) is 21.7 Å². The molecule has 2 heterocycles. The molecule has 9 heteroatoms.